The fourth-order valence-electron chi connectivity index (χ4n) is 3.60. The molecule has 1 saturated heterocycles. The molecule has 4 rings (SSSR count). The minimum Gasteiger partial charge on any atom is -0.497 e. The van der Waals surface area contributed by atoms with Gasteiger partial charge in [-0.05, 0) is 50.1 Å². The zero-order chi connectivity index (χ0) is 24.2. The Balaban J connectivity index is 1.69. The number of nitrogens with one attached hydrogen (secondary N) is 1. The maximum atomic E-state index is 14.6. The number of hydrogen-bond donors (Lipinski definition) is 1. The van der Waals surface area contributed by atoms with Crippen LogP contribution in [-0.4, -0.2) is 47.0 Å². The first kappa shape index (κ1) is 23.2. The SMILES string of the molecule is COc1ccc(-n2nc(C(=O)NCC3CCCO3)c(C)c2Oc2ccc([N+](=O)[O-])cc2F)cc1. The number of nitrogens with zero attached hydrogens (tertiary/aromatic N) is 3. The lowest BCUT2D eigenvalue weighted by Crippen LogP contribution is -2.32. The fourth-order valence-corrected chi connectivity index (χ4v) is 3.60. The molecule has 0 aliphatic carbocycles. The van der Waals surface area contributed by atoms with Crippen LogP contribution in [0.4, 0.5) is 10.1 Å². The average molecular weight is 470 g/mol. The number of aromatic nitrogens is 2. The second-order valence-corrected chi connectivity index (χ2v) is 7.71. The van der Waals surface area contributed by atoms with E-state index in [4.69, 9.17) is 14.2 Å². The minimum absolute atomic E-state index is 0.0437. The van der Waals surface area contributed by atoms with Crippen LogP contribution in [0.25, 0.3) is 5.69 Å². The van der Waals surface area contributed by atoms with Gasteiger partial charge in [-0.2, -0.15) is 9.78 Å². The van der Waals surface area contributed by atoms with Crippen molar-refractivity contribution >= 4 is 11.6 Å². The molecule has 0 bridgehead atoms. The molecule has 34 heavy (non-hydrogen) atoms. The molecule has 0 saturated carbocycles. The molecule has 2 aromatic carbocycles. The second kappa shape index (κ2) is 9.87. The highest BCUT2D eigenvalue weighted by atomic mass is 19.1. The summed E-state index contributed by atoms with van der Waals surface area (Å²) in [6.45, 7) is 2.65. The molecular formula is C23H23FN4O6. The Morgan fingerprint density at radius 1 is 1.32 bits per heavy atom. The van der Waals surface area contributed by atoms with Gasteiger partial charge in [-0.1, -0.05) is 0 Å². The van der Waals surface area contributed by atoms with Gasteiger partial charge in [0.2, 0.25) is 5.88 Å². The number of nitro groups is 1. The van der Waals surface area contributed by atoms with Gasteiger partial charge in [0.25, 0.3) is 11.6 Å². The number of rotatable bonds is 8. The summed E-state index contributed by atoms with van der Waals surface area (Å²) in [7, 11) is 1.54. The van der Waals surface area contributed by atoms with Crippen molar-refractivity contribution in [1.82, 2.24) is 15.1 Å². The molecule has 1 aromatic heterocycles. The first-order chi connectivity index (χ1) is 16.4. The third-order valence-electron chi connectivity index (χ3n) is 5.45. The van der Waals surface area contributed by atoms with E-state index in [0.29, 0.717) is 30.2 Å². The molecule has 0 spiro atoms. The maximum Gasteiger partial charge on any atom is 0.272 e. The summed E-state index contributed by atoms with van der Waals surface area (Å²) in [6.07, 6.45) is 1.77. The molecule has 3 aromatic rings. The second-order valence-electron chi connectivity index (χ2n) is 7.71. The van der Waals surface area contributed by atoms with Crippen LogP contribution in [0.2, 0.25) is 0 Å². The normalized spacial score (nSPS) is 15.2. The molecule has 1 amide bonds. The lowest BCUT2D eigenvalue weighted by molar-refractivity contribution is -0.385. The molecule has 1 aliphatic rings. The first-order valence-electron chi connectivity index (χ1n) is 10.6. The number of nitro benzene ring substituents is 1. The first-order valence-corrected chi connectivity index (χ1v) is 10.6. The highest BCUT2D eigenvalue weighted by molar-refractivity contribution is 5.94. The largest absolute Gasteiger partial charge is 0.497 e. The number of methoxy groups -OCH3 is 1. The van der Waals surface area contributed by atoms with E-state index >= 15 is 0 Å². The predicted octanol–water partition coefficient (Wildman–Crippen LogP) is 3.94. The van der Waals surface area contributed by atoms with Crippen LogP contribution >= 0.6 is 0 Å². The van der Waals surface area contributed by atoms with E-state index < -0.39 is 22.3 Å². The minimum atomic E-state index is -0.916. The van der Waals surface area contributed by atoms with Gasteiger partial charge in [0, 0.05) is 24.8 Å². The topological polar surface area (TPSA) is 118 Å². The monoisotopic (exact) mass is 470 g/mol. The summed E-state index contributed by atoms with van der Waals surface area (Å²) in [5, 5.41) is 18.2. The molecule has 1 N–H and O–H groups in total. The van der Waals surface area contributed by atoms with Gasteiger partial charge in [0.15, 0.2) is 17.3 Å². The lowest BCUT2D eigenvalue weighted by atomic mass is 10.2. The van der Waals surface area contributed by atoms with Crippen molar-refractivity contribution in [2.75, 3.05) is 20.3 Å². The van der Waals surface area contributed by atoms with Crippen molar-refractivity contribution in [3.63, 3.8) is 0 Å². The molecule has 10 nitrogen and oxygen atoms in total. The molecule has 178 valence electrons. The Morgan fingerprint density at radius 3 is 2.71 bits per heavy atom. The highest BCUT2D eigenvalue weighted by Crippen LogP contribution is 2.33. The number of benzene rings is 2. The third-order valence-corrected chi connectivity index (χ3v) is 5.45. The molecule has 11 heteroatoms. The van der Waals surface area contributed by atoms with Crippen molar-refractivity contribution < 1.29 is 28.3 Å². The van der Waals surface area contributed by atoms with Crippen LogP contribution < -0.4 is 14.8 Å². The van der Waals surface area contributed by atoms with Gasteiger partial charge in [-0.25, -0.2) is 4.39 Å². The van der Waals surface area contributed by atoms with E-state index in [2.05, 4.69) is 10.4 Å². The zero-order valence-electron chi connectivity index (χ0n) is 18.6. The third kappa shape index (κ3) is 4.84. The van der Waals surface area contributed by atoms with Crippen LogP contribution in [-0.2, 0) is 4.74 Å². The van der Waals surface area contributed by atoms with E-state index in [1.807, 2.05) is 0 Å². The van der Waals surface area contributed by atoms with E-state index in [9.17, 15) is 19.3 Å². The summed E-state index contributed by atoms with van der Waals surface area (Å²) in [4.78, 5) is 23.1. The van der Waals surface area contributed by atoms with Crippen molar-refractivity contribution in [2.45, 2.75) is 25.9 Å². The number of amides is 1. The molecule has 1 atom stereocenters. The summed E-state index contributed by atoms with van der Waals surface area (Å²) in [5.41, 5.74) is 0.614. The summed E-state index contributed by atoms with van der Waals surface area (Å²) < 4.78 is 32.4. The average Bonchev–Trinajstić information content (AvgIpc) is 3.47. The smallest absolute Gasteiger partial charge is 0.272 e. The number of carbonyl (C=O) groups is 1. The molecule has 0 radical (unpaired) electrons. The van der Waals surface area contributed by atoms with Gasteiger partial charge in [0.1, 0.15) is 5.75 Å². The summed E-state index contributed by atoms with van der Waals surface area (Å²) in [6, 6.07) is 9.90. The van der Waals surface area contributed by atoms with Gasteiger partial charge >= 0.3 is 0 Å². The van der Waals surface area contributed by atoms with Crippen molar-refractivity contribution in [1.29, 1.82) is 0 Å². The van der Waals surface area contributed by atoms with Crippen LogP contribution in [0.5, 0.6) is 17.4 Å². The zero-order valence-corrected chi connectivity index (χ0v) is 18.6. The Bertz CT molecular complexity index is 1200. The Labute approximate surface area is 194 Å². The predicted molar refractivity (Wildman–Crippen MR) is 119 cm³/mol. The molecule has 1 fully saturated rings. The van der Waals surface area contributed by atoms with Crippen molar-refractivity contribution in [3.05, 3.63) is 69.7 Å². The van der Waals surface area contributed by atoms with Crippen LogP contribution in [0.15, 0.2) is 42.5 Å². The number of hydrogen-bond acceptors (Lipinski definition) is 7. The highest BCUT2D eigenvalue weighted by Gasteiger charge is 2.25. The van der Waals surface area contributed by atoms with Gasteiger partial charge in [0.05, 0.1) is 29.9 Å². The number of ether oxygens (including phenoxy) is 3. The molecule has 1 aliphatic heterocycles. The lowest BCUT2D eigenvalue weighted by Gasteiger charge is -2.11. The Morgan fingerprint density at radius 2 is 2.09 bits per heavy atom. The molecular weight excluding hydrogens is 447 g/mol. The summed E-state index contributed by atoms with van der Waals surface area (Å²) >= 11 is 0. The standard InChI is InChI=1S/C23H23FN4O6/c1-14-21(22(29)25-13-18-4-3-11-33-18)26-27(15-5-8-17(32-2)9-6-15)23(14)34-20-10-7-16(28(30)31)12-19(20)24/h5-10,12,18H,3-4,11,13H2,1-2H3,(H,25,29). The van der Waals surface area contributed by atoms with E-state index in [-0.39, 0.29) is 23.4 Å². The van der Waals surface area contributed by atoms with Gasteiger partial charge in [-0.3, -0.25) is 14.9 Å². The molecule has 2 heterocycles. The van der Waals surface area contributed by atoms with E-state index in [1.54, 1.807) is 31.2 Å². The van der Waals surface area contributed by atoms with Gasteiger partial charge in [-0.15, -0.1) is 0 Å². The van der Waals surface area contributed by atoms with Crippen LogP contribution in [0.1, 0.15) is 28.9 Å². The van der Waals surface area contributed by atoms with Crippen molar-refractivity contribution in [2.24, 2.45) is 0 Å². The number of halogens is 1. The van der Waals surface area contributed by atoms with Crippen LogP contribution in [0.3, 0.4) is 0 Å². The van der Waals surface area contributed by atoms with Crippen LogP contribution in [0, 0.1) is 22.9 Å². The Hall–Kier alpha value is -3.99. The molecule has 1 unspecified atom stereocenters. The Kier molecular flexibility index (Phi) is 6.73. The van der Waals surface area contributed by atoms with E-state index in [0.717, 1.165) is 31.0 Å². The maximum absolute atomic E-state index is 14.6. The number of carbonyl (C=O) groups excluding carboxylic acids is 1. The fraction of sp³-hybridized carbons (Fsp3) is 0.304. The summed E-state index contributed by atoms with van der Waals surface area (Å²) in [5.74, 6) is -0.865. The van der Waals surface area contributed by atoms with E-state index in [1.165, 1.54) is 11.8 Å². The van der Waals surface area contributed by atoms with Gasteiger partial charge < -0.3 is 19.5 Å². The van der Waals surface area contributed by atoms with Crippen molar-refractivity contribution in [3.8, 4) is 23.1 Å². The number of non-ortho nitro benzene ring substituents is 1. The quantitative estimate of drug-likeness (QED) is 0.391.